The molecule has 0 aliphatic heterocycles. The molecular weight excluding hydrogens is 575 g/mol. The van der Waals surface area contributed by atoms with Crippen molar-refractivity contribution in [1.82, 2.24) is 0 Å². The van der Waals surface area contributed by atoms with Gasteiger partial charge in [0.1, 0.15) is 0 Å². The predicted molar refractivity (Wildman–Crippen MR) is 164 cm³/mol. The summed E-state index contributed by atoms with van der Waals surface area (Å²) in [5, 5.41) is 0. The Kier molecular flexibility index (Phi) is 8.06. The molecule has 2 aliphatic rings. The van der Waals surface area contributed by atoms with Crippen LogP contribution in [0.2, 0.25) is 13.1 Å². The van der Waals surface area contributed by atoms with Gasteiger partial charge in [-0.2, -0.15) is 0 Å². The topological polar surface area (TPSA) is 0 Å². The fourth-order valence-electron chi connectivity index (χ4n) is 6.77. The van der Waals surface area contributed by atoms with Gasteiger partial charge in [-0.3, -0.25) is 0 Å². The van der Waals surface area contributed by atoms with Gasteiger partial charge < -0.3 is 0 Å². The van der Waals surface area contributed by atoms with Crippen LogP contribution >= 0.6 is 17.0 Å². The summed E-state index contributed by atoms with van der Waals surface area (Å²) in [6, 6.07) is 13.3. The van der Waals surface area contributed by atoms with Crippen molar-refractivity contribution in [3.8, 4) is 0 Å². The first-order valence-corrected chi connectivity index (χ1v) is 29.7. The molecule has 0 heterocycles. The number of rotatable bonds is 9. The van der Waals surface area contributed by atoms with E-state index in [4.69, 9.17) is 17.0 Å². The van der Waals surface area contributed by atoms with Gasteiger partial charge in [0.2, 0.25) is 0 Å². The van der Waals surface area contributed by atoms with Crippen molar-refractivity contribution in [2.45, 2.75) is 60.9 Å². The summed E-state index contributed by atoms with van der Waals surface area (Å²) in [7, 11) is 16.9. The molecule has 191 valence electrons. The molecule has 4 heteroatoms. The van der Waals surface area contributed by atoms with Crippen LogP contribution in [0.5, 0.6) is 0 Å². The SMILES string of the molecule is C=Cc1cccc2c1C=C(CC(C)C)[CH]2[Zr]([Cl])([Cl])([CH]1C(CC(C)C)=Cc2c(C=C)cccc21)[SiH](C)C. The summed E-state index contributed by atoms with van der Waals surface area (Å²) in [6.07, 6.45) is 10.9. The van der Waals surface area contributed by atoms with Crippen molar-refractivity contribution in [2.24, 2.45) is 11.8 Å². The van der Waals surface area contributed by atoms with Crippen molar-refractivity contribution in [3.05, 3.63) is 94.1 Å². The van der Waals surface area contributed by atoms with E-state index in [1.54, 1.807) is 0 Å². The average Bonchev–Trinajstić information content (AvgIpc) is 3.36. The summed E-state index contributed by atoms with van der Waals surface area (Å²) in [5.74, 6) is -0.474. The predicted octanol–water partition coefficient (Wildman–Crippen LogP) is 10.6. The van der Waals surface area contributed by atoms with E-state index in [9.17, 15) is 0 Å². The van der Waals surface area contributed by atoms with Crippen LogP contribution in [0, 0.1) is 11.8 Å². The van der Waals surface area contributed by atoms with Gasteiger partial charge in [0.15, 0.2) is 0 Å². The first kappa shape index (κ1) is 28.1. The molecule has 0 spiro atoms. The van der Waals surface area contributed by atoms with Crippen molar-refractivity contribution < 1.29 is 15.6 Å². The zero-order valence-electron chi connectivity index (χ0n) is 22.7. The Hall–Kier alpha value is -0.920. The van der Waals surface area contributed by atoms with E-state index in [0.29, 0.717) is 11.8 Å². The third-order valence-electron chi connectivity index (χ3n) is 8.30. The molecule has 0 bridgehead atoms. The minimum absolute atomic E-state index is 0.137. The number of hydrogen-bond donors (Lipinski definition) is 0. The van der Waals surface area contributed by atoms with Crippen LogP contribution in [0.1, 0.15) is 81.2 Å². The molecule has 2 atom stereocenters. The number of benzene rings is 2. The fourth-order valence-corrected chi connectivity index (χ4v) is 38.1. The van der Waals surface area contributed by atoms with Crippen LogP contribution in [0.3, 0.4) is 0 Å². The van der Waals surface area contributed by atoms with Gasteiger partial charge in [-0.25, -0.2) is 0 Å². The van der Waals surface area contributed by atoms with E-state index in [2.05, 4.69) is 102 Å². The summed E-state index contributed by atoms with van der Waals surface area (Å²) in [5.41, 5.74) is 10.5. The van der Waals surface area contributed by atoms with Crippen molar-refractivity contribution in [1.29, 1.82) is 0 Å². The van der Waals surface area contributed by atoms with E-state index in [1.165, 1.54) is 44.5 Å². The van der Waals surface area contributed by atoms with Crippen LogP contribution in [-0.4, -0.2) is 5.92 Å². The Bertz CT molecular complexity index is 1170. The van der Waals surface area contributed by atoms with Gasteiger partial charge in [0.25, 0.3) is 0 Å². The molecule has 0 amide bonds. The van der Waals surface area contributed by atoms with E-state index in [-0.39, 0.29) is 7.25 Å². The van der Waals surface area contributed by atoms with E-state index < -0.39 is 21.5 Å². The average molecular weight is 616 g/mol. The molecule has 0 radical (unpaired) electrons. The minimum atomic E-state index is -4.68. The number of allylic oxidation sites excluding steroid dienone is 2. The standard InChI is InChI=1S/2C15H17.C2H7Si.2ClH.Zr/c2*1-4-13-6-5-7-14-9-12(8-11(2)3)10-15(13)14;1-3-2;;;/h2*4-7,9-11H,1,8H2,2-3H3;3H,1-2H3;2*1H;/q;;;;;+2/p-2. The van der Waals surface area contributed by atoms with Crippen LogP contribution < -0.4 is 0 Å². The molecule has 2 aromatic carbocycles. The molecule has 2 aliphatic carbocycles. The Morgan fingerprint density at radius 3 is 1.47 bits per heavy atom. The van der Waals surface area contributed by atoms with Gasteiger partial charge in [-0.05, 0) is 0 Å². The second kappa shape index (κ2) is 10.3. The van der Waals surface area contributed by atoms with Crippen LogP contribution in [0.15, 0.2) is 60.7 Å². The zero-order chi connectivity index (χ0) is 26.4. The number of hydrogen-bond acceptors (Lipinski definition) is 0. The fraction of sp³-hybridized carbons (Fsp3) is 0.375. The van der Waals surface area contributed by atoms with Gasteiger partial charge in [0.05, 0.1) is 0 Å². The molecule has 0 N–H and O–H groups in total. The van der Waals surface area contributed by atoms with Crippen molar-refractivity contribution in [3.63, 3.8) is 0 Å². The molecule has 36 heavy (non-hydrogen) atoms. The third-order valence-corrected chi connectivity index (χ3v) is 60.2. The normalized spacial score (nSPS) is 20.1. The van der Waals surface area contributed by atoms with Gasteiger partial charge in [-0.1, -0.05) is 0 Å². The second-order valence-corrected chi connectivity index (χ2v) is 54.5. The molecule has 0 saturated carbocycles. The van der Waals surface area contributed by atoms with Crippen LogP contribution in [0.25, 0.3) is 24.3 Å². The van der Waals surface area contributed by atoms with Gasteiger partial charge in [-0.15, -0.1) is 0 Å². The Balaban J connectivity index is 2.05. The first-order valence-electron chi connectivity index (χ1n) is 13.4. The monoisotopic (exact) mass is 613 g/mol. The zero-order valence-corrected chi connectivity index (χ0v) is 27.9. The number of halogens is 2. The third kappa shape index (κ3) is 4.49. The molecule has 0 saturated heterocycles. The van der Waals surface area contributed by atoms with Crippen LogP contribution in [0.4, 0.5) is 0 Å². The quantitative estimate of drug-likeness (QED) is 0.246. The summed E-state index contributed by atoms with van der Waals surface area (Å²) < 4.78 is 0.273. The maximum atomic E-state index is 8.45. The van der Waals surface area contributed by atoms with Crippen molar-refractivity contribution >= 4 is 47.3 Å². The van der Waals surface area contributed by atoms with Crippen LogP contribution in [-0.2, 0) is 15.6 Å². The molecule has 2 aromatic rings. The molecular formula is C32H41Cl2SiZr. The molecule has 2 unspecified atom stereocenters. The molecule has 0 fully saturated rings. The summed E-state index contributed by atoms with van der Waals surface area (Å²) in [6.45, 7) is 22.3. The Morgan fingerprint density at radius 1 is 0.778 bits per heavy atom. The molecule has 0 aromatic heterocycles. The van der Waals surface area contributed by atoms with Crippen molar-refractivity contribution in [2.75, 3.05) is 0 Å². The Morgan fingerprint density at radius 2 is 1.17 bits per heavy atom. The summed E-state index contributed by atoms with van der Waals surface area (Å²) in [4.78, 5) is 0. The van der Waals surface area contributed by atoms with E-state index >= 15 is 0 Å². The number of fused-ring (bicyclic) bond motifs is 2. The molecule has 4 rings (SSSR count). The second-order valence-electron chi connectivity index (χ2n) is 12.0. The maximum absolute atomic E-state index is 8.45. The van der Waals surface area contributed by atoms with E-state index in [1.807, 2.05) is 12.2 Å². The van der Waals surface area contributed by atoms with Gasteiger partial charge in [0, 0.05) is 0 Å². The van der Waals surface area contributed by atoms with E-state index in [0.717, 1.165) is 12.8 Å². The van der Waals surface area contributed by atoms with Gasteiger partial charge >= 0.3 is 230 Å². The molecule has 0 nitrogen and oxygen atoms in total. The summed E-state index contributed by atoms with van der Waals surface area (Å²) >= 11 is -4.68. The Labute approximate surface area is 228 Å². The first-order chi connectivity index (χ1) is 16.9.